The molecule has 1 aromatic carbocycles. The number of amides is 1. The minimum Gasteiger partial charge on any atom is -0.478 e. The molecule has 0 fully saturated rings. The van der Waals surface area contributed by atoms with Gasteiger partial charge in [-0.3, -0.25) is 4.79 Å². The number of rotatable bonds is 6. The number of carboxylic acids is 1. The van der Waals surface area contributed by atoms with Gasteiger partial charge in [0.2, 0.25) is 11.1 Å². The predicted octanol–water partition coefficient (Wildman–Crippen LogP) is 2.69. The van der Waals surface area contributed by atoms with E-state index < -0.39 is 5.97 Å². The van der Waals surface area contributed by atoms with Crippen molar-refractivity contribution in [3.8, 4) is 0 Å². The Bertz CT molecular complexity index is 643. The molecule has 0 radical (unpaired) electrons. The van der Waals surface area contributed by atoms with Gasteiger partial charge < -0.3 is 10.4 Å². The van der Waals surface area contributed by atoms with E-state index in [0.29, 0.717) is 10.8 Å². The summed E-state index contributed by atoms with van der Waals surface area (Å²) in [6, 6.07) is 6.01. The van der Waals surface area contributed by atoms with Crippen LogP contribution in [0.15, 0.2) is 33.8 Å². The molecule has 0 aliphatic heterocycles. The molecular weight excluding hydrogens is 330 g/mol. The standard InChI is InChI=1S/C12H11N3O3S3/c1-19-11-14-12(21-15-11)20-6-9(16)13-8-4-2-7(3-5-8)10(17)18/h2-5H,6H2,1H3,(H,13,16)(H,17,18). The zero-order valence-corrected chi connectivity index (χ0v) is 13.3. The quantitative estimate of drug-likeness (QED) is 0.780. The summed E-state index contributed by atoms with van der Waals surface area (Å²) < 4.78 is 4.85. The molecule has 0 aliphatic rings. The molecule has 0 unspecified atom stereocenters. The summed E-state index contributed by atoms with van der Waals surface area (Å²) in [5.74, 6) is -0.947. The van der Waals surface area contributed by atoms with Crippen LogP contribution >= 0.6 is 35.1 Å². The highest BCUT2D eigenvalue weighted by Crippen LogP contribution is 2.23. The largest absolute Gasteiger partial charge is 0.478 e. The van der Waals surface area contributed by atoms with E-state index in [1.807, 2.05) is 6.26 Å². The number of nitrogens with zero attached hydrogens (tertiary/aromatic N) is 2. The van der Waals surface area contributed by atoms with Gasteiger partial charge >= 0.3 is 5.97 Å². The molecule has 0 bridgehead atoms. The van der Waals surface area contributed by atoms with Crippen LogP contribution in [0.3, 0.4) is 0 Å². The van der Waals surface area contributed by atoms with Crippen LogP contribution in [0.2, 0.25) is 0 Å². The summed E-state index contributed by atoms with van der Waals surface area (Å²) in [6.07, 6.45) is 1.89. The van der Waals surface area contributed by atoms with Crippen molar-refractivity contribution in [2.75, 3.05) is 17.3 Å². The topological polar surface area (TPSA) is 92.2 Å². The predicted molar refractivity (Wildman–Crippen MR) is 84.4 cm³/mol. The molecule has 0 atom stereocenters. The van der Waals surface area contributed by atoms with Gasteiger partial charge in [-0.1, -0.05) is 23.5 Å². The molecule has 2 rings (SSSR count). The lowest BCUT2D eigenvalue weighted by Crippen LogP contribution is -2.14. The molecule has 1 heterocycles. The van der Waals surface area contributed by atoms with E-state index in [9.17, 15) is 9.59 Å². The van der Waals surface area contributed by atoms with E-state index in [2.05, 4.69) is 14.7 Å². The van der Waals surface area contributed by atoms with Gasteiger partial charge in [0.25, 0.3) is 0 Å². The third kappa shape index (κ3) is 4.73. The fourth-order valence-corrected chi connectivity index (χ4v) is 3.37. The molecule has 1 aromatic heterocycles. The molecule has 9 heteroatoms. The average molecular weight is 341 g/mol. The van der Waals surface area contributed by atoms with E-state index in [1.54, 1.807) is 12.1 Å². The van der Waals surface area contributed by atoms with E-state index >= 15 is 0 Å². The Labute approximate surface area is 133 Å². The fraction of sp³-hybridized carbons (Fsp3) is 0.167. The van der Waals surface area contributed by atoms with Crippen molar-refractivity contribution in [1.29, 1.82) is 0 Å². The van der Waals surface area contributed by atoms with Crippen LogP contribution in [-0.2, 0) is 4.79 Å². The number of aromatic carboxylic acids is 1. The van der Waals surface area contributed by atoms with Gasteiger partial charge in [0.15, 0.2) is 4.34 Å². The molecule has 1 amide bonds. The van der Waals surface area contributed by atoms with Crippen LogP contribution in [-0.4, -0.2) is 38.3 Å². The summed E-state index contributed by atoms with van der Waals surface area (Å²) in [4.78, 5) is 26.7. The highest BCUT2D eigenvalue weighted by atomic mass is 32.2. The Morgan fingerprint density at radius 1 is 1.33 bits per heavy atom. The number of benzene rings is 1. The van der Waals surface area contributed by atoms with Crippen LogP contribution in [0.25, 0.3) is 0 Å². The molecule has 2 N–H and O–H groups in total. The molecule has 21 heavy (non-hydrogen) atoms. The summed E-state index contributed by atoms with van der Waals surface area (Å²) in [6.45, 7) is 0. The van der Waals surface area contributed by atoms with Gasteiger partial charge in [-0.2, -0.15) is 4.37 Å². The molecule has 0 aliphatic carbocycles. The molecule has 110 valence electrons. The van der Waals surface area contributed by atoms with Crippen LogP contribution in [0.4, 0.5) is 5.69 Å². The maximum atomic E-state index is 11.8. The lowest BCUT2D eigenvalue weighted by Gasteiger charge is -2.04. The second-order valence-electron chi connectivity index (χ2n) is 3.77. The van der Waals surface area contributed by atoms with E-state index in [0.717, 1.165) is 4.34 Å². The third-order valence-corrected chi connectivity index (χ3v) is 4.81. The molecule has 0 spiro atoms. The van der Waals surface area contributed by atoms with Gasteiger partial charge in [0.1, 0.15) is 0 Å². The van der Waals surface area contributed by atoms with Crippen LogP contribution in [0, 0.1) is 0 Å². The number of carbonyl (C=O) groups excluding carboxylic acids is 1. The maximum Gasteiger partial charge on any atom is 0.335 e. The number of carboxylic acid groups (broad SMARTS) is 1. The van der Waals surface area contributed by atoms with Gasteiger partial charge in [-0.25, -0.2) is 9.78 Å². The summed E-state index contributed by atoms with van der Waals surface area (Å²) in [7, 11) is 0. The number of anilines is 1. The molecule has 2 aromatic rings. The minimum atomic E-state index is -0.996. The number of aromatic nitrogens is 2. The highest BCUT2D eigenvalue weighted by molar-refractivity contribution is 8.01. The van der Waals surface area contributed by atoms with E-state index in [-0.39, 0.29) is 17.2 Å². The van der Waals surface area contributed by atoms with Gasteiger partial charge in [0, 0.05) is 5.69 Å². The van der Waals surface area contributed by atoms with Crippen molar-refractivity contribution in [2.45, 2.75) is 9.50 Å². The molecule has 0 saturated carbocycles. The maximum absolute atomic E-state index is 11.8. The van der Waals surface area contributed by atoms with Crippen molar-refractivity contribution in [1.82, 2.24) is 9.36 Å². The first kappa shape index (κ1) is 15.8. The van der Waals surface area contributed by atoms with Gasteiger partial charge in [-0.15, -0.1) is 0 Å². The van der Waals surface area contributed by atoms with Crippen molar-refractivity contribution in [2.24, 2.45) is 0 Å². The lowest BCUT2D eigenvalue weighted by atomic mass is 10.2. The number of hydrogen-bond acceptors (Lipinski definition) is 7. The Kier molecular flexibility index (Phi) is 5.59. The average Bonchev–Trinajstić information content (AvgIpc) is 2.94. The first-order chi connectivity index (χ1) is 10.1. The number of carbonyl (C=O) groups is 2. The van der Waals surface area contributed by atoms with Crippen LogP contribution < -0.4 is 5.32 Å². The van der Waals surface area contributed by atoms with Gasteiger partial charge in [0.05, 0.1) is 11.3 Å². The fourth-order valence-electron chi connectivity index (χ4n) is 1.36. The summed E-state index contributed by atoms with van der Waals surface area (Å²) >= 11 is 4.04. The van der Waals surface area contributed by atoms with Crippen molar-refractivity contribution < 1.29 is 14.7 Å². The highest BCUT2D eigenvalue weighted by Gasteiger charge is 2.08. The zero-order chi connectivity index (χ0) is 15.2. The summed E-state index contributed by atoms with van der Waals surface area (Å²) in [5, 5.41) is 12.2. The second kappa shape index (κ2) is 7.43. The normalized spacial score (nSPS) is 10.3. The van der Waals surface area contributed by atoms with Crippen molar-refractivity contribution in [3.05, 3.63) is 29.8 Å². The first-order valence-corrected chi connectivity index (χ1v) is 8.70. The second-order valence-corrected chi connectivity index (χ2v) is 6.51. The Hall–Kier alpha value is -1.58. The number of hydrogen-bond donors (Lipinski definition) is 2. The third-order valence-electron chi connectivity index (χ3n) is 2.31. The minimum absolute atomic E-state index is 0.177. The van der Waals surface area contributed by atoms with Crippen molar-refractivity contribution >= 4 is 52.6 Å². The first-order valence-electron chi connectivity index (χ1n) is 5.72. The van der Waals surface area contributed by atoms with Crippen LogP contribution in [0.5, 0.6) is 0 Å². The Balaban J connectivity index is 1.85. The van der Waals surface area contributed by atoms with Gasteiger partial charge in [-0.05, 0) is 42.1 Å². The smallest absolute Gasteiger partial charge is 0.335 e. The SMILES string of the molecule is CSc1nsc(SCC(=O)Nc2ccc(C(=O)O)cc2)n1. The van der Waals surface area contributed by atoms with E-state index in [1.165, 1.54) is 47.2 Å². The Morgan fingerprint density at radius 3 is 2.62 bits per heavy atom. The Morgan fingerprint density at radius 2 is 2.05 bits per heavy atom. The molecule has 6 nitrogen and oxygen atoms in total. The van der Waals surface area contributed by atoms with Crippen LogP contribution in [0.1, 0.15) is 10.4 Å². The monoisotopic (exact) mass is 341 g/mol. The lowest BCUT2D eigenvalue weighted by molar-refractivity contribution is -0.113. The molecular formula is C12H11N3O3S3. The number of nitrogens with one attached hydrogen (secondary N) is 1. The molecule has 0 saturated heterocycles. The summed E-state index contributed by atoms with van der Waals surface area (Å²) in [5.41, 5.74) is 0.744. The van der Waals surface area contributed by atoms with Crippen molar-refractivity contribution in [3.63, 3.8) is 0 Å². The zero-order valence-electron chi connectivity index (χ0n) is 10.9. The van der Waals surface area contributed by atoms with E-state index in [4.69, 9.17) is 5.11 Å². The number of thioether (sulfide) groups is 2.